The van der Waals surface area contributed by atoms with E-state index in [1.54, 1.807) is 18.2 Å². The van der Waals surface area contributed by atoms with Gasteiger partial charge in [-0.1, -0.05) is 25.7 Å². The first-order chi connectivity index (χ1) is 11.6. The number of H-pyrrole nitrogens is 1. The number of pyridine rings is 1. The van der Waals surface area contributed by atoms with Crippen LogP contribution >= 0.6 is 0 Å². The van der Waals surface area contributed by atoms with E-state index in [4.69, 9.17) is 0 Å². The van der Waals surface area contributed by atoms with Gasteiger partial charge in [0.15, 0.2) is 0 Å². The number of benzene rings is 1. The van der Waals surface area contributed by atoms with Crippen LogP contribution in [0.2, 0.25) is 0 Å². The van der Waals surface area contributed by atoms with Gasteiger partial charge in [-0.15, -0.1) is 0 Å². The molecule has 0 saturated heterocycles. The van der Waals surface area contributed by atoms with Crippen LogP contribution < -0.4 is 10.9 Å². The van der Waals surface area contributed by atoms with Crippen LogP contribution in [0.1, 0.15) is 48.9 Å². The minimum atomic E-state index is -0.428. The Balaban J connectivity index is 1.75. The smallest absolute Gasteiger partial charge is 0.261 e. The third kappa shape index (κ3) is 3.91. The molecule has 1 aromatic heterocycles. The van der Waals surface area contributed by atoms with Crippen molar-refractivity contribution in [3.8, 4) is 11.3 Å². The van der Waals surface area contributed by atoms with Crippen LogP contribution in [0, 0.1) is 5.82 Å². The van der Waals surface area contributed by atoms with Crippen LogP contribution in [0.3, 0.4) is 0 Å². The highest BCUT2D eigenvalue weighted by Crippen LogP contribution is 2.18. The van der Waals surface area contributed by atoms with Gasteiger partial charge < -0.3 is 10.3 Å². The fourth-order valence-electron chi connectivity index (χ4n) is 3.14. The molecule has 3 rings (SSSR count). The van der Waals surface area contributed by atoms with E-state index in [0.29, 0.717) is 11.3 Å². The summed E-state index contributed by atoms with van der Waals surface area (Å²) in [6.07, 6.45) is 6.59. The summed E-state index contributed by atoms with van der Waals surface area (Å²) in [5.74, 6) is -0.658. The quantitative estimate of drug-likeness (QED) is 0.845. The van der Waals surface area contributed by atoms with E-state index in [1.165, 1.54) is 31.0 Å². The molecule has 1 aliphatic rings. The van der Waals surface area contributed by atoms with Crippen molar-refractivity contribution >= 4 is 5.91 Å². The lowest BCUT2D eigenvalue weighted by atomic mass is 10.1. The van der Waals surface area contributed by atoms with Crippen molar-refractivity contribution in [2.75, 3.05) is 0 Å². The SMILES string of the molecule is O=C(NC1CCCCCC1)c1ccc(-c2ccc(F)cc2)[nH]c1=O. The van der Waals surface area contributed by atoms with Crippen LogP contribution in [-0.4, -0.2) is 16.9 Å². The topological polar surface area (TPSA) is 62.0 Å². The highest BCUT2D eigenvalue weighted by Gasteiger charge is 2.18. The van der Waals surface area contributed by atoms with Crippen molar-refractivity contribution < 1.29 is 9.18 Å². The maximum atomic E-state index is 13.0. The summed E-state index contributed by atoms with van der Waals surface area (Å²) in [6, 6.07) is 9.20. The molecule has 126 valence electrons. The number of aromatic amines is 1. The Bertz CT molecular complexity index is 760. The van der Waals surface area contributed by atoms with Gasteiger partial charge in [-0.05, 0) is 54.8 Å². The molecule has 1 aromatic carbocycles. The molecule has 1 saturated carbocycles. The third-order valence-corrected chi connectivity index (χ3v) is 4.50. The number of carbonyl (C=O) groups excluding carboxylic acids is 1. The Labute approximate surface area is 140 Å². The normalized spacial score (nSPS) is 15.7. The maximum Gasteiger partial charge on any atom is 0.261 e. The fourth-order valence-corrected chi connectivity index (χ4v) is 3.14. The zero-order valence-electron chi connectivity index (χ0n) is 13.5. The highest BCUT2D eigenvalue weighted by atomic mass is 19.1. The molecule has 0 radical (unpaired) electrons. The van der Waals surface area contributed by atoms with Gasteiger partial charge in [-0.2, -0.15) is 0 Å². The minimum absolute atomic E-state index is 0.116. The first kappa shape index (κ1) is 16.4. The molecule has 0 bridgehead atoms. The summed E-state index contributed by atoms with van der Waals surface area (Å²) in [4.78, 5) is 27.3. The number of amides is 1. The largest absolute Gasteiger partial charge is 0.349 e. The lowest BCUT2D eigenvalue weighted by molar-refractivity contribution is 0.0932. The van der Waals surface area contributed by atoms with E-state index in [1.807, 2.05) is 0 Å². The lowest BCUT2D eigenvalue weighted by Crippen LogP contribution is -2.37. The van der Waals surface area contributed by atoms with Crippen LogP contribution in [0.4, 0.5) is 4.39 Å². The van der Waals surface area contributed by atoms with Crippen molar-refractivity contribution in [3.63, 3.8) is 0 Å². The van der Waals surface area contributed by atoms with Crippen LogP contribution in [-0.2, 0) is 0 Å². The Morgan fingerprint density at radius 3 is 2.29 bits per heavy atom. The molecule has 1 fully saturated rings. The summed E-state index contributed by atoms with van der Waals surface area (Å²) in [5, 5.41) is 2.97. The van der Waals surface area contributed by atoms with Gasteiger partial charge >= 0.3 is 0 Å². The van der Waals surface area contributed by atoms with Gasteiger partial charge in [0.2, 0.25) is 0 Å². The molecule has 4 nitrogen and oxygen atoms in total. The molecule has 0 aliphatic heterocycles. The summed E-state index contributed by atoms with van der Waals surface area (Å²) in [6.45, 7) is 0. The average molecular weight is 328 g/mol. The summed E-state index contributed by atoms with van der Waals surface area (Å²) < 4.78 is 13.0. The van der Waals surface area contributed by atoms with E-state index in [-0.39, 0.29) is 23.3 Å². The van der Waals surface area contributed by atoms with Crippen molar-refractivity contribution in [2.24, 2.45) is 0 Å². The van der Waals surface area contributed by atoms with Gasteiger partial charge in [0.05, 0.1) is 0 Å². The minimum Gasteiger partial charge on any atom is -0.349 e. The van der Waals surface area contributed by atoms with Gasteiger partial charge in [0, 0.05) is 11.7 Å². The van der Waals surface area contributed by atoms with E-state index >= 15 is 0 Å². The van der Waals surface area contributed by atoms with E-state index in [0.717, 1.165) is 25.7 Å². The molecular formula is C19H21FN2O2. The zero-order chi connectivity index (χ0) is 16.9. The number of rotatable bonds is 3. The number of hydrogen-bond acceptors (Lipinski definition) is 2. The fraction of sp³-hybridized carbons (Fsp3) is 0.368. The van der Waals surface area contributed by atoms with E-state index < -0.39 is 5.56 Å². The third-order valence-electron chi connectivity index (χ3n) is 4.50. The molecule has 24 heavy (non-hydrogen) atoms. The number of halogens is 1. The Morgan fingerprint density at radius 2 is 1.67 bits per heavy atom. The van der Waals surface area contributed by atoms with E-state index in [9.17, 15) is 14.0 Å². The standard InChI is InChI=1S/C19H21FN2O2/c20-14-9-7-13(8-10-14)17-12-11-16(19(24)22-17)18(23)21-15-5-3-1-2-4-6-15/h7-12,15H,1-6H2,(H,21,23)(H,22,24). The number of hydrogen-bond donors (Lipinski definition) is 2. The van der Waals surface area contributed by atoms with Crippen molar-refractivity contribution in [1.82, 2.24) is 10.3 Å². The van der Waals surface area contributed by atoms with Gasteiger partial charge in [-0.25, -0.2) is 4.39 Å². The molecule has 1 heterocycles. The van der Waals surface area contributed by atoms with Gasteiger partial charge in [0.25, 0.3) is 11.5 Å². The second-order valence-electron chi connectivity index (χ2n) is 6.28. The summed E-state index contributed by atoms with van der Waals surface area (Å²) in [5.41, 5.74) is 0.947. The zero-order valence-corrected chi connectivity index (χ0v) is 13.5. The molecule has 0 unspecified atom stereocenters. The Morgan fingerprint density at radius 1 is 1.00 bits per heavy atom. The first-order valence-corrected chi connectivity index (χ1v) is 8.43. The lowest BCUT2D eigenvalue weighted by Gasteiger charge is -2.16. The molecule has 1 aliphatic carbocycles. The monoisotopic (exact) mass is 328 g/mol. The maximum absolute atomic E-state index is 13.0. The van der Waals surface area contributed by atoms with Crippen molar-refractivity contribution in [3.05, 3.63) is 58.1 Å². The summed E-state index contributed by atoms with van der Waals surface area (Å²) in [7, 11) is 0. The molecule has 2 aromatic rings. The van der Waals surface area contributed by atoms with Crippen molar-refractivity contribution in [2.45, 2.75) is 44.6 Å². The molecular weight excluding hydrogens is 307 g/mol. The van der Waals surface area contributed by atoms with Crippen molar-refractivity contribution in [1.29, 1.82) is 0 Å². The van der Waals surface area contributed by atoms with Crippen LogP contribution in [0.5, 0.6) is 0 Å². The highest BCUT2D eigenvalue weighted by molar-refractivity contribution is 5.94. The Kier molecular flexibility index (Phi) is 5.08. The second-order valence-corrected chi connectivity index (χ2v) is 6.28. The van der Waals surface area contributed by atoms with E-state index in [2.05, 4.69) is 10.3 Å². The number of aromatic nitrogens is 1. The predicted molar refractivity (Wildman–Crippen MR) is 91.4 cm³/mol. The first-order valence-electron chi connectivity index (χ1n) is 8.43. The summed E-state index contributed by atoms with van der Waals surface area (Å²) >= 11 is 0. The van der Waals surface area contributed by atoms with Gasteiger partial charge in [-0.3, -0.25) is 9.59 Å². The molecule has 1 amide bonds. The molecule has 0 atom stereocenters. The molecule has 0 spiro atoms. The average Bonchev–Trinajstić information content (AvgIpc) is 2.84. The Hall–Kier alpha value is -2.43. The second kappa shape index (κ2) is 7.43. The van der Waals surface area contributed by atoms with Gasteiger partial charge in [0.1, 0.15) is 11.4 Å². The van der Waals surface area contributed by atoms with Crippen LogP contribution in [0.15, 0.2) is 41.2 Å². The number of carbonyl (C=O) groups is 1. The predicted octanol–water partition coefficient (Wildman–Crippen LogP) is 3.63. The number of nitrogens with one attached hydrogen (secondary N) is 2. The van der Waals surface area contributed by atoms with Crippen LogP contribution in [0.25, 0.3) is 11.3 Å². The molecule has 5 heteroatoms. The molecule has 2 N–H and O–H groups in total.